The van der Waals surface area contributed by atoms with Crippen molar-refractivity contribution in [3.63, 3.8) is 0 Å². The van der Waals surface area contributed by atoms with Crippen LogP contribution in [0.2, 0.25) is 0 Å². The van der Waals surface area contributed by atoms with Gasteiger partial charge in [-0.15, -0.1) is 0 Å². The van der Waals surface area contributed by atoms with E-state index in [1.807, 2.05) is 77.4 Å². The molecule has 6 nitrogen and oxygen atoms in total. The summed E-state index contributed by atoms with van der Waals surface area (Å²) < 4.78 is 19.4. The van der Waals surface area contributed by atoms with Crippen LogP contribution in [0.1, 0.15) is 87.3 Å². The van der Waals surface area contributed by atoms with E-state index in [1.165, 1.54) is 0 Å². The van der Waals surface area contributed by atoms with Gasteiger partial charge >= 0.3 is 199 Å². The van der Waals surface area contributed by atoms with E-state index >= 15 is 0 Å². The van der Waals surface area contributed by atoms with Crippen LogP contribution in [0.15, 0.2) is 29.8 Å². The summed E-state index contributed by atoms with van der Waals surface area (Å²) in [6.07, 6.45) is 3.13. The molecule has 0 spiro atoms. The molecule has 226 valence electrons. The maximum atomic E-state index is 13.1. The molecule has 0 saturated heterocycles. The van der Waals surface area contributed by atoms with Gasteiger partial charge in [-0.2, -0.15) is 0 Å². The summed E-state index contributed by atoms with van der Waals surface area (Å²) in [6, 6.07) is 5.75. The van der Waals surface area contributed by atoms with Crippen molar-refractivity contribution in [3.05, 3.63) is 63.2 Å². The Bertz CT molecular complexity index is 1350. The van der Waals surface area contributed by atoms with E-state index in [0.29, 0.717) is 46.8 Å². The second-order valence-electron chi connectivity index (χ2n) is 10.4. The Hall–Kier alpha value is -2.34. The molecular formula is C32H40Cl2O6Ru. The summed E-state index contributed by atoms with van der Waals surface area (Å²) in [5.74, 6) is 0.424. The molecule has 2 aromatic carbocycles. The fourth-order valence-corrected chi connectivity index (χ4v) is 5.91. The molecule has 0 bridgehead atoms. The Balaban J connectivity index is 2.35. The zero-order chi connectivity index (χ0) is 30.9. The fraction of sp³-hybridized carbons (Fsp3) is 0.438. The van der Waals surface area contributed by atoms with Gasteiger partial charge in [-0.25, -0.2) is 0 Å². The molecule has 0 heterocycles. The second kappa shape index (κ2) is 16.3. The van der Waals surface area contributed by atoms with E-state index < -0.39 is 19.5 Å². The molecule has 2 aromatic rings. The summed E-state index contributed by atoms with van der Waals surface area (Å²) >= 11 is -2.08. The van der Waals surface area contributed by atoms with Gasteiger partial charge in [-0.05, 0) is 13.8 Å². The average Bonchev–Trinajstić information content (AvgIpc) is 2.88. The average molecular weight is 693 g/mol. The molecular weight excluding hydrogens is 652 g/mol. The Labute approximate surface area is 256 Å². The van der Waals surface area contributed by atoms with E-state index in [1.54, 1.807) is 6.92 Å². The number of aryl methyl sites for hydroxylation is 1. The minimum absolute atomic E-state index is 0.00120. The van der Waals surface area contributed by atoms with Crippen LogP contribution in [0, 0.1) is 20.8 Å². The quantitative estimate of drug-likeness (QED) is 0.0702. The van der Waals surface area contributed by atoms with Crippen LogP contribution in [0.4, 0.5) is 0 Å². The van der Waals surface area contributed by atoms with Crippen molar-refractivity contribution in [1.82, 2.24) is 0 Å². The van der Waals surface area contributed by atoms with Crippen LogP contribution in [0.3, 0.4) is 0 Å². The number of benzene rings is 2. The number of ether oxygens (including phenoxy) is 3. The van der Waals surface area contributed by atoms with Crippen molar-refractivity contribution in [2.24, 2.45) is 0 Å². The zero-order valence-corrected chi connectivity index (χ0v) is 28.3. The van der Waals surface area contributed by atoms with Crippen molar-refractivity contribution >= 4 is 41.7 Å². The third-order valence-corrected chi connectivity index (χ3v) is 8.27. The Morgan fingerprint density at radius 3 is 2.17 bits per heavy atom. The van der Waals surface area contributed by atoms with Crippen LogP contribution in [0.5, 0.6) is 17.2 Å². The van der Waals surface area contributed by atoms with Gasteiger partial charge < -0.3 is 4.74 Å². The zero-order valence-electron chi connectivity index (χ0n) is 25.1. The van der Waals surface area contributed by atoms with Crippen molar-refractivity contribution in [2.75, 3.05) is 0 Å². The van der Waals surface area contributed by atoms with Gasteiger partial charge in [0, 0.05) is 6.42 Å². The van der Waals surface area contributed by atoms with Gasteiger partial charge in [0.05, 0.1) is 0 Å². The van der Waals surface area contributed by atoms with Crippen LogP contribution in [-0.2, 0) is 40.7 Å². The molecule has 0 aliphatic rings. The number of Topliss-reactive ketones (excluding diaryl/α,β-unsaturated/α-hetero) is 1. The van der Waals surface area contributed by atoms with E-state index in [-0.39, 0.29) is 37.1 Å². The Morgan fingerprint density at radius 2 is 1.59 bits per heavy atom. The van der Waals surface area contributed by atoms with E-state index in [0.717, 1.165) is 22.3 Å². The number of halogens is 2. The number of esters is 2. The van der Waals surface area contributed by atoms with Crippen LogP contribution < -0.4 is 14.2 Å². The standard InChI is InChI=1S/C32H40O6.2ClH.Ru/c1-10-26(33)18-30(35)38-31-22(7)23(8)32(27(24(31)9)14-11-19(2)3)37-29(34)16-13-25-12-15-28(21(6)17-25)36-20(4)5;;;/h6,11-12,15,17,20H,10,13-14,16,18H2,1-5,7-9H3;2*1H;/q;;;+2/p-2. The second-order valence-corrected chi connectivity index (χ2v) is 16.1. The fourth-order valence-electron chi connectivity index (χ4n) is 4.12. The third kappa shape index (κ3) is 10.8. The number of rotatable bonds is 13. The normalized spacial score (nSPS) is 11.1. The van der Waals surface area contributed by atoms with Gasteiger partial charge in [-0.3, -0.25) is 9.59 Å². The molecule has 2 rings (SSSR count). The Morgan fingerprint density at radius 1 is 0.951 bits per heavy atom. The molecule has 0 aliphatic carbocycles. The van der Waals surface area contributed by atoms with Crippen LogP contribution in [0.25, 0.3) is 0 Å². The molecule has 0 fully saturated rings. The van der Waals surface area contributed by atoms with Crippen LogP contribution >= 0.6 is 19.4 Å². The first-order valence-electron chi connectivity index (χ1n) is 13.5. The first-order valence-corrected chi connectivity index (χ1v) is 19.0. The van der Waals surface area contributed by atoms with E-state index in [4.69, 9.17) is 33.6 Å². The predicted molar refractivity (Wildman–Crippen MR) is 162 cm³/mol. The summed E-state index contributed by atoms with van der Waals surface area (Å²) in [5.41, 5.74) is 5.72. The van der Waals surface area contributed by atoms with Gasteiger partial charge in [0.2, 0.25) is 0 Å². The molecule has 0 N–H and O–H groups in total. The van der Waals surface area contributed by atoms with E-state index in [2.05, 4.69) is 0 Å². The first-order chi connectivity index (χ1) is 19.2. The molecule has 0 radical (unpaired) electrons. The number of carbonyl (C=O) groups is 3. The van der Waals surface area contributed by atoms with Crippen molar-refractivity contribution in [3.8, 4) is 17.2 Å². The van der Waals surface area contributed by atoms with Gasteiger partial charge in [0.15, 0.2) is 0 Å². The molecule has 0 aliphatic heterocycles. The Kier molecular flexibility index (Phi) is 13.9. The molecule has 0 aromatic heterocycles. The predicted octanol–water partition coefficient (Wildman–Crippen LogP) is 7.80. The first kappa shape index (κ1) is 34.9. The molecule has 0 saturated carbocycles. The van der Waals surface area contributed by atoms with Crippen molar-refractivity contribution < 1.29 is 42.1 Å². The number of allylic oxidation sites excluding steroid dienone is 2. The maximum absolute atomic E-state index is 13.1. The molecule has 0 atom stereocenters. The topological polar surface area (TPSA) is 78.9 Å². The molecule has 0 unspecified atom stereocenters. The SMILES string of the molecule is CCC(=O)CC(=O)Oc1c(C)c(C)c(OC(=O)CCc2ccc(OC(C)C)c([CH]=[Ru]([Cl])[Cl])c2)c(CC=C(C)C)c1C. The van der Waals surface area contributed by atoms with Crippen molar-refractivity contribution in [1.29, 1.82) is 0 Å². The summed E-state index contributed by atoms with van der Waals surface area (Å²) in [4.78, 5) is 37.3. The molecule has 41 heavy (non-hydrogen) atoms. The number of carbonyl (C=O) groups excluding carboxylic acids is 3. The van der Waals surface area contributed by atoms with E-state index in [9.17, 15) is 14.4 Å². The number of hydrogen-bond acceptors (Lipinski definition) is 6. The summed E-state index contributed by atoms with van der Waals surface area (Å²) in [6.45, 7) is 15.1. The van der Waals surface area contributed by atoms with Gasteiger partial charge in [0.25, 0.3) is 0 Å². The van der Waals surface area contributed by atoms with Crippen LogP contribution in [-0.4, -0.2) is 28.4 Å². The summed E-state index contributed by atoms with van der Waals surface area (Å²) in [5, 5.41) is 0. The molecule has 0 amide bonds. The van der Waals surface area contributed by atoms with Gasteiger partial charge in [-0.1, -0.05) is 12.5 Å². The molecule has 9 heteroatoms. The number of ketones is 1. The van der Waals surface area contributed by atoms with Crippen molar-refractivity contribution in [2.45, 2.75) is 93.6 Å². The number of hydrogen-bond donors (Lipinski definition) is 0. The third-order valence-electron chi connectivity index (χ3n) is 6.43. The summed E-state index contributed by atoms with van der Waals surface area (Å²) in [7, 11) is 12.3. The minimum atomic E-state index is -2.08. The monoisotopic (exact) mass is 692 g/mol. The van der Waals surface area contributed by atoms with Gasteiger partial charge in [0.1, 0.15) is 12.2 Å².